The largest absolute Gasteiger partial charge is 1.00 e. The SMILES string of the molecule is Nc1ccc(Cc2ccc(N)cc2)cc1.Nc1ccc(Cc2ccc(N)cc2)cc1.Nc1ccc(Cc2ccc(N)cc2)cc1.[Cl-].[Na+]. The Morgan fingerprint density at radius 1 is 0.234 bits per heavy atom. The Balaban J connectivity index is 0.000000240. The Morgan fingerprint density at radius 2 is 0.340 bits per heavy atom. The molecule has 0 heterocycles. The van der Waals surface area contributed by atoms with E-state index in [4.69, 9.17) is 34.4 Å². The van der Waals surface area contributed by atoms with Crippen LogP contribution in [0.3, 0.4) is 0 Å². The summed E-state index contributed by atoms with van der Waals surface area (Å²) in [5.41, 5.74) is 46.1. The summed E-state index contributed by atoms with van der Waals surface area (Å²) in [7, 11) is 0. The van der Waals surface area contributed by atoms with E-state index >= 15 is 0 Å². The molecule has 0 aliphatic heterocycles. The van der Waals surface area contributed by atoms with Crippen molar-refractivity contribution in [1.29, 1.82) is 0 Å². The normalized spacial score (nSPS) is 9.70. The molecule has 0 fully saturated rings. The van der Waals surface area contributed by atoms with Gasteiger partial charge in [0.1, 0.15) is 0 Å². The number of nitrogens with two attached hydrogens (primary N) is 6. The van der Waals surface area contributed by atoms with E-state index in [2.05, 4.69) is 0 Å². The maximum Gasteiger partial charge on any atom is 1.00 e. The average Bonchev–Trinajstić information content (AvgIpc) is 3.04. The number of nitrogen functional groups attached to an aromatic ring is 6. The van der Waals surface area contributed by atoms with Crippen molar-refractivity contribution >= 4 is 34.1 Å². The monoisotopic (exact) mass is 652 g/mol. The van der Waals surface area contributed by atoms with Gasteiger partial charge >= 0.3 is 29.6 Å². The van der Waals surface area contributed by atoms with E-state index in [9.17, 15) is 0 Å². The van der Waals surface area contributed by atoms with Gasteiger partial charge < -0.3 is 46.8 Å². The van der Waals surface area contributed by atoms with Gasteiger partial charge in [-0.15, -0.1) is 0 Å². The zero-order valence-electron chi connectivity index (χ0n) is 26.8. The van der Waals surface area contributed by atoms with Crippen molar-refractivity contribution in [2.45, 2.75) is 19.3 Å². The molecular formula is C39H42ClN6Na. The van der Waals surface area contributed by atoms with Gasteiger partial charge in [-0.05, 0) is 125 Å². The maximum absolute atomic E-state index is 5.62. The summed E-state index contributed by atoms with van der Waals surface area (Å²) < 4.78 is 0. The molecule has 0 atom stereocenters. The number of hydrogen-bond acceptors (Lipinski definition) is 6. The standard InChI is InChI=1S/3C13H14N2.ClH.Na/c3*14-12-5-1-10(2-6-12)9-11-3-7-13(15)8-4-11;;/h3*1-8H,9,14-15H2;1H;/q;;;;+1/p-1. The van der Waals surface area contributed by atoms with Crippen molar-refractivity contribution in [1.82, 2.24) is 0 Å². The van der Waals surface area contributed by atoms with Crippen molar-refractivity contribution in [3.8, 4) is 0 Å². The quantitative estimate of drug-likeness (QED) is 0.118. The molecule has 236 valence electrons. The molecule has 0 saturated heterocycles. The van der Waals surface area contributed by atoms with Gasteiger partial charge in [-0.2, -0.15) is 0 Å². The van der Waals surface area contributed by atoms with Crippen LogP contribution in [0.2, 0.25) is 0 Å². The molecule has 0 radical (unpaired) electrons. The van der Waals surface area contributed by atoms with Crippen LogP contribution in [0.1, 0.15) is 33.4 Å². The van der Waals surface area contributed by atoms with Crippen LogP contribution in [0.15, 0.2) is 146 Å². The third kappa shape index (κ3) is 14.2. The average molecular weight is 653 g/mol. The molecule has 47 heavy (non-hydrogen) atoms. The van der Waals surface area contributed by atoms with Crippen molar-refractivity contribution in [2.75, 3.05) is 34.4 Å². The molecule has 6 rings (SSSR count). The van der Waals surface area contributed by atoms with Gasteiger partial charge in [-0.25, -0.2) is 0 Å². The van der Waals surface area contributed by atoms with Gasteiger partial charge in [0.25, 0.3) is 0 Å². The second kappa shape index (κ2) is 19.8. The second-order valence-corrected chi connectivity index (χ2v) is 11.0. The predicted octanol–water partition coefficient (Wildman–Crippen LogP) is 1.33. The van der Waals surface area contributed by atoms with Gasteiger partial charge in [0.05, 0.1) is 0 Å². The third-order valence-corrected chi connectivity index (χ3v) is 7.10. The summed E-state index contributed by atoms with van der Waals surface area (Å²) in [6, 6.07) is 47.6. The zero-order chi connectivity index (χ0) is 32.0. The van der Waals surface area contributed by atoms with E-state index in [1.54, 1.807) is 0 Å². The number of hydrogen-bond donors (Lipinski definition) is 6. The number of benzene rings is 6. The minimum atomic E-state index is 0. The predicted molar refractivity (Wildman–Crippen MR) is 194 cm³/mol. The molecule has 0 bridgehead atoms. The summed E-state index contributed by atoms with van der Waals surface area (Å²) in [6.45, 7) is 0. The molecule has 0 spiro atoms. The Labute approximate surface area is 306 Å². The van der Waals surface area contributed by atoms with E-state index in [0.29, 0.717) is 0 Å². The van der Waals surface area contributed by atoms with Crippen LogP contribution >= 0.6 is 0 Å². The van der Waals surface area contributed by atoms with E-state index in [0.717, 1.165) is 53.4 Å². The molecule has 0 saturated carbocycles. The fourth-order valence-electron chi connectivity index (χ4n) is 4.52. The molecule has 0 unspecified atom stereocenters. The van der Waals surface area contributed by atoms with Crippen LogP contribution in [-0.4, -0.2) is 0 Å². The summed E-state index contributed by atoms with van der Waals surface area (Å²) in [5.74, 6) is 0. The summed E-state index contributed by atoms with van der Waals surface area (Å²) in [4.78, 5) is 0. The van der Waals surface area contributed by atoms with Crippen molar-refractivity contribution in [2.24, 2.45) is 0 Å². The molecule has 6 aromatic rings. The first-order valence-corrected chi connectivity index (χ1v) is 14.8. The Kier molecular flexibility index (Phi) is 16.3. The topological polar surface area (TPSA) is 156 Å². The molecular weight excluding hydrogens is 611 g/mol. The van der Waals surface area contributed by atoms with Gasteiger partial charge in [0, 0.05) is 34.1 Å². The molecule has 12 N–H and O–H groups in total. The van der Waals surface area contributed by atoms with Gasteiger partial charge in [0.15, 0.2) is 0 Å². The van der Waals surface area contributed by atoms with E-state index in [1.807, 2.05) is 146 Å². The smallest absolute Gasteiger partial charge is 1.00 e. The van der Waals surface area contributed by atoms with Crippen LogP contribution in [0.5, 0.6) is 0 Å². The number of anilines is 6. The van der Waals surface area contributed by atoms with E-state index < -0.39 is 0 Å². The summed E-state index contributed by atoms with van der Waals surface area (Å²) in [6.07, 6.45) is 2.75. The summed E-state index contributed by atoms with van der Waals surface area (Å²) in [5, 5.41) is 0. The van der Waals surface area contributed by atoms with E-state index in [-0.39, 0.29) is 42.0 Å². The first kappa shape index (κ1) is 38.6. The van der Waals surface area contributed by atoms with Crippen molar-refractivity contribution in [3.63, 3.8) is 0 Å². The fourth-order valence-corrected chi connectivity index (χ4v) is 4.52. The maximum atomic E-state index is 5.62. The zero-order valence-corrected chi connectivity index (χ0v) is 29.6. The second-order valence-electron chi connectivity index (χ2n) is 11.0. The van der Waals surface area contributed by atoms with Crippen molar-refractivity contribution < 1.29 is 42.0 Å². The molecule has 8 heteroatoms. The van der Waals surface area contributed by atoms with Crippen LogP contribution in [0, 0.1) is 0 Å². The minimum absolute atomic E-state index is 0. The molecule has 0 amide bonds. The summed E-state index contributed by atoms with van der Waals surface area (Å²) >= 11 is 0. The number of rotatable bonds is 6. The Bertz CT molecular complexity index is 1380. The Hall–Kier alpha value is -4.59. The van der Waals surface area contributed by atoms with Crippen LogP contribution in [0.4, 0.5) is 34.1 Å². The van der Waals surface area contributed by atoms with Gasteiger partial charge in [-0.3, -0.25) is 0 Å². The van der Waals surface area contributed by atoms with E-state index in [1.165, 1.54) is 33.4 Å². The molecule has 6 aromatic carbocycles. The Morgan fingerprint density at radius 3 is 0.447 bits per heavy atom. The van der Waals surface area contributed by atoms with Crippen LogP contribution in [-0.2, 0) is 19.3 Å². The molecule has 0 aliphatic carbocycles. The molecule has 6 nitrogen and oxygen atoms in total. The van der Waals surface area contributed by atoms with Crippen LogP contribution in [0.25, 0.3) is 0 Å². The fraction of sp³-hybridized carbons (Fsp3) is 0.0769. The first-order valence-electron chi connectivity index (χ1n) is 14.8. The van der Waals surface area contributed by atoms with Crippen molar-refractivity contribution in [3.05, 3.63) is 179 Å². The molecule has 0 aromatic heterocycles. The molecule has 0 aliphatic rings. The third-order valence-electron chi connectivity index (χ3n) is 7.10. The van der Waals surface area contributed by atoms with Gasteiger partial charge in [0.2, 0.25) is 0 Å². The van der Waals surface area contributed by atoms with Crippen LogP contribution < -0.4 is 76.4 Å². The minimum Gasteiger partial charge on any atom is -1.00 e. The number of halogens is 1. The first-order chi connectivity index (χ1) is 21.7. The van der Waals surface area contributed by atoms with Gasteiger partial charge in [-0.1, -0.05) is 72.8 Å².